The molecule has 1 aliphatic rings. The van der Waals surface area contributed by atoms with E-state index in [1.807, 2.05) is 0 Å². The van der Waals surface area contributed by atoms with Crippen LogP contribution in [0.1, 0.15) is 29.2 Å². The lowest BCUT2D eigenvalue weighted by Gasteiger charge is -2.32. The van der Waals surface area contributed by atoms with Crippen LogP contribution in [-0.4, -0.2) is 25.4 Å². The van der Waals surface area contributed by atoms with Crippen molar-refractivity contribution in [1.29, 1.82) is 0 Å². The van der Waals surface area contributed by atoms with E-state index in [1.54, 1.807) is 11.3 Å². The van der Waals surface area contributed by atoms with E-state index >= 15 is 0 Å². The largest absolute Gasteiger partial charge is 0.376 e. The third kappa shape index (κ3) is 2.63. The normalized spacial score (nSPS) is 20.4. The van der Waals surface area contributed by atoms with Crippen LogP contribution in [0.3, 0.4) is 0 Å². The first kappa shape index (κ1) is 12.0. The van der Waals surface area contributed by atoms with Gasteiger partial charge in [0.15, 0.2) is 0 Å². The van der Waals surface area contributed by atoms with Gasteiger partial charge in [0.25, 0.3) is 0 Å². The molecule has 3 nitrogen and oxygen atoms in total. The van der Waals surface area contributed by atoms with Crippen molar-refractivity contribution in [2.75, 3.05) is 13.2 Å². The Morgan fingerprint density at radius 1 is 1.56 bits per heavy atom. The number of aryl methyl sites for hydroxylation is 1. The first-order valence-corrected chi connectivity index (χ1v) is 6.57. The molecule has 2 N–H and O–H groups in total. The van der Waals surface area contributed by atoms with Crippen molar-refractivity contribution in [3.63, 3.8) is 0 Å². The fraction of sp³-hybridized carbons (Fsp3) is 0.667. The van der Waals surface area contributed by atoms with E-state index < -0.39 is 0 Å². The summed E-state index contributed by atoms with van der Waals surface area (Å²) in [5.74, 6) is 0. The van der Waals surface area contributed by atoms with Crippen LogP contribution in [0.25, 0.3) is 0 Å². The molecule has 2 heterocycles. The predicted molar refractivity (Wildman–Crippen MR) is 65.8 cm³/mol. The topological polar surface area (TPSA) is 44.5 Å². The van der Waals surface area contributed by atoms with E-state index in [1.165, 1.54) is 9.75 Å². The highest BCUT2D eigenvalue weighted by Gasteiger charge is 2.28. The van der Waals surface area contributed by atoms with Gasteiger partial charge in [0.2, 0.25) is 0 Å². The van der Waals surface area contributed by atoms with Crippen LogP contribution in [0, 0.1) is 6.92 Å². The third-order valence-electron chi connectivity index (χ3n) is 2.85. The minimum atomic E-state index is 0.0256. The Hall–Kier alpha value is -0.420. The molecule has 1 saturated heterocycles. The minimum Gasteiger partial charge on any atom is -0.376 e. The smallest absolute Gasteiger partial charge is 0.107 e. The number of rotatable bonds is 5. The zero-order valence-corrected chi connectivity index (χ0v) is 10.6. The molecule has 90 valence electrons. The fourth-order valence-electron chi connectivity index (χ4n) is 1.70. The van der Waals surface area contributed by atoms with Crippen LogP contribution in [0.2, 0.25) is 0 Å². The van der Waals surface area contributed by atoms with Gasteiger partial charge in [-0.2, -0.15) is 0 Å². The molecule has 2 atom stereocenters. The van der Waals surface area contributed by atoms with Gasteiger partial charge in [-0.05, 0) is 25.5 Å². The van der Waals surface area contributed by atoms with Crippen molar-refractivity contribution in [3.8, 4) is 0 Å². The second-order valence-electron chi connectivity index (χ2n) is 4.24. The Morgan fingerprint density at radius 2 is 2.31 bits per heavy atom. The molecule has 0 amide bonds. The van der Waals surface area contributed by atoms with Crippen molar-refractivity contribution >= 4 is 11.3 Å². The molecule has 0 bridgehead atoms. The molecule has 0 spiro atoms. The highest BCUT2D eigenvalue weighted by Crippen LogP contribution is 2.30. The molecule has 0 aliphatic carbocycles. The molecule has 1 aromatic heterocycles. The average Bonchev–Trinajstić information content (AvgIpc) is 2.62. The van der Waals surface area contributed by atoms with Crippen LogP contribution in [-0.2, 0) is 9.47 Å². The van der Waals surface area contributed by atoms with Gasteiger partial charge in [0, 0.05) is 15.8 Å². The molecular weight excluding hydrogens is 222 g/mol. The zero-order chi connectivity index (χ0) is 11.5. The van der Waals surface area contributed by atoms with E-state index in [4.69, 9.17) is 15.2 Å². The molecule has 1 aromatic rings. The van der Waals surface area contributed by atoms with Crippen molar-refractivity contribution in [2.45, 2.75) is 38.5 Å². The second kappa shape index (κ2) is 5.27. The molecule has 0 aromatic carbocycles. The van der Waals surface area contributed by atoms with Gasteiger partial charge in [0.05, 0.1) is 13.2 Å². The molecule has 2 rings (SSSR count). The van der Waals surface area contributed by atoms with Crippen molar-refractivity contribution < 1.29 is 9.47 Å². The Balaban J connectivity index is 2.06. The summed E-state index contributed by atoms with van der Waals surface area (Å²) in [4.78, 5) is 2.54. The molecular formula is C12H19NO2S. The first-order chi connectivity index (χ1) is 7.70. The number of hydrogen-bond acceptors (Lipinski definition) is 4. The van der Waals surface area contributed by atoms with E-state index in [0.717, 1.165) is 6.42 Å². The van der Waals surface area contributed by atoms with Crippen LogP contribution in [0.4, 0.5) is 0 Å². The quantitative estimate of drug-likeness (QED) is 0.860. The standard InChI is InChI=1S/C12H19NO2S/c1-3-10(13)12(15-9-6-14-7-9)11-5-4-8(2)16-11/h4-5,9-10,12H,3,6-7,13H2,1-2H3. The van der Waals surface area contributed by atoms with Crippen LogP contribution in [0.15, 0.2) is 12.1 Å². The lowest BCUT2D eigenvalue weighted by Crippen LogP contribution is -2.41. The van der Waals surface area contributed by atoms with E-state index in [9.17, 15) is 0 Å². The zero-order valence-electron chi connectivity index (χ0n) is 9.81. The molecule has 0 saturated carbocycles. The summed E-state index contributed by atoms with van der Waals surface area (Å²) in [6.45, 7) is 5.61. The summed E-state index contributed by atoms with van der Waals surface area (Å²) in [5, 5.41) is 0. The summed E-state index contributed by atoms with van der Waals surface area (Å²) >= 11 is 1.77. The summed E-state index contributed by atoms with van der Waals surface area (Å²) < 4.78 is 11.1. The molecule has 16 heavy (non-hydrogen) atoms. The Labute approximate surface area is 101 Å². The number of hydrogen-bond donors (Lipinski definition) is 1. The number of nitrogens with two attached hydrogens (primary N) is 1. The van der Waals surface area contributed by atoms with Crippen LogP contribution < -0.4 is 5.73 Å². The van der Waals surface area contributed by atoms with E-state index in [0.29, 0.717) is 13.2 Å². The summed E-state index contributed by atoms with van der Waals surface area (Å²) in [6, 6.07) is 4.31. The minimum absolute atomic E-state index is 0.0256. The van der Waals surface area contributed by atoms with Crippen molar-refractivity contribution in [1.82, 2.24) is 0 Å². The predicted octanol–water partition coefficient (Wildman–Crippen LogP) is 2.25. The van der Waals surface area contributed by atoms with Gasteiger partial charge < -0.3 is 15.2 Å². The van der Waals surface area contributed by atoms with Crippen LogP contribution in [0.5, 0.6) is 0 Å². The summed E-state index contributed by atoms with van der Waals surface area (Å²) in [6.07, 6.45) is 1.18. The van der Waals surface area contributed by atoms with Crippen molar-refractivity contribution in [3.05, 3.63) is 21.9 Å². The van der Waals surface area contributed by atoms with Gasteiger partial charge in [0.1, 0.15) is 12.2 Å². The van der Waals surface area contributed by atoms with Gasteiger partial charge >= 0.3 is 0 Å². The molecule has 4 heteroatoms. The maximum Gasteiger partial charge on any atom is 0.107 e. The molecule has 2 unspecified atom stereocenters. The average molecular weight is 241 g/mol. The number of ether oxygens (including phenoxy) is 2. The van der Waals surface area contributed by atoms with Gasteiger partial charge in [-0.15, -0.1) is 11.3 Å². The SMILES string of the molecule is CCC(N)C(OC1COC1)c1ccc(C)s1. The molecule has 1 aliphatic heterocycles. The monoisotopic (exact) mass is 241 g/mol. The number of thiophene rings is 1. The lowest BCUT2D eigenvalue weighted by molar-refractivity contribution is -0.159. The highest BCUT2D eigenvalue weighted by molar-refractivity contribution is 7.12. The second-order valence-corrected chi connectivity index (χ2v) is 5.56. The summed E-state index contributed by atoms with van der Waals surface area (Å²) in [7, 11) is 0. The Kier molecular flexibility index (Phi) is 3.97. The van der Waals surface area contributed by atoms with Crippen molar-refractivity contribution in [2.24, 2.45) is 5.73 Å². The summed E-state index contributed by atoms with van der Waals surface area (Å²) in [5.41, 5.74) is 6.13. The molecule has 0 radical (unpaired) electrons. The van der Waals surface area contributed by atoms with Crippen LogP contribution >= 0.6 is 11.3 Å². The maximum atomic E-state index is 6.13. The molecule has 1 fully saturated rings. The maximum absolute atomic E-state index is 6.13. The fourth-order valence-corrected chi connectivity index (χ4v) is 2.69. The van der Waals surface area contributed by atoms with Gasteiger partial charge in [-0.25, -0.2) is 0 Å². The highest BCUT2D eigenvalue weighted by atomic mass is 32.1. The van der Waals surface area contributed by atoms with Gasteiger partial charge in [-0.3, -0.25) is 0 Å². The van der Waals surface area contributed by atoms with E-state index in [2.05, 4.69) is 26.0 Å². The lowest BCUT2D eigenvalue weighted by atomic mass is 10.1. The third-order valence-corrected chi connectivity index (χ3v) is 3.91. The van der Waals surface area contributed by atoms with E-state index in [-0.39, 0.29) is 18.2 Å². The Bertz CT molecular complexity index is 336. The van der Waals surface area contributed by atoms with Gasteiger partial charge in [-0.1, -0.05) is 6.92 Å². The first-order valence-electron chi connectivity index (χ1n) is 5.75. The Morgan fingerprint density at radius 3 is 2.75 bits per heavy atom.